The van der Waals surface area contributed by atoms with Crippen molar-refractivity contribution in [2.75, 3.05) is 6.61 Å². The first-order chi connectivity index (χ1) is 11.0. The number of imide groups is 1. The molecule has 1 unspecified atom stereocenters. The van der Waals surface area contributed by atoms with Crippen molar-refractivity contribution in [2.45, 2.75) is 11.7 Å². The molecule has 1 saturated heterocycles. The quantitative estimate of drug-likeness (QED) is 0.872. The molecule has 2 aromatic rings. The van der Waals surface area contributed by atoms with Crippen molar-refractivity contribution in [1.82, 2.24) is 5.32 Å². The average molecular weight is 331 g/mol. The number of ether oxygens (including phenoxy) is 1. The van der Waals surface area contributed by atoms with Crippen LogP contribution in [0.4, 0.5) is 4.79 Å². The number of hydrogen-bond donors (Lipinski definition) is 2. The number of carbonyl (C=O) groups excluding carboxylic acids is 2. The Morgan fingerprint density at radius 1 is 1.17 bits per heavy atom. The maximum Gasteiger partial charge on any atom is 0.341 e. The molecule has 0 spiro atoms. The number of carboxylic acid groups (broad SMARTS) is 1. The number of carboxylic acids is 1. The summed E-state index contributed by atoms with van der Waals surface area (Å²) >= 11 is 0.987. The summed E-state index contributed by atoms with van der Waals surface area (Å²) in [5.41, 5.74) is 0.908. The van der Waals surface area contributed by atoms with Crippen molar-refractivity contribution in [1.29, 1.82) is 0 Å². The molecule has 0 bridgehead atoms. The lowest BCUT2D eigenvalue weighted by molar-refractivity contribution is -0.139. The number of fused-ring (bicyclic) bond motifs is 1. The molecule has 0 radical (unpaired) electrons. The number of aliphatic carboxylic acids is 1. The zero-order valence-electron chi connectivity index (χ0n) is 11.9. The Morgan fingerprint density at radius 3 is 2.57 bits per heavy atom. The lowest BCUT2D eigenvalue weighted by Gasteiger charge is -2.13. The molecule has 3 rings (SSSR count). The molecule has 0 saturated carbocycles. The summed E-state index contributed by atoms with van der Waals surface area (Å²) in [5, 5.41) is 11.9. The third-order valence-corrected chi connectivity index (χ3v) is 4.48. The van der Waals surface area contributed by atoms with Gasteiger partial charge in [0.2, 0.25) is 5.91 Å². The van der Waals surface area contributed by atoms with Gasteiger partial charge < -0.3 is 9.84 Å². The first-order valence-corrected chi connectivity index (χ1v) is 7.79. The van der Waals surface area contributed by atoms with Crippen LogP contribution in [0.5, 0.6) is 5.75 Å². The molecular weight excluding hydrogens is 318 g/mol. The summed E-state index contributed by atoms with van der Waals surface area (Å²) in [6.07, 6.45) is 0.419. The van der Waals surface area contributed by atoms with Crippen molar-refractivity contribution < 1.29 is 24.2 Å². The number of thioether (sulfide) groups is 1. The molecule has 1 atom stereocenters. The second kappa shape index (κ2) is 6.29. The average Bonchev–Trinajstić information content (AvgIpc) is 2.84. The van der Waals surface area contributed by atoms with Crippen molar-refractivity contribution >= 4 is 39.7 Å². The summed E-state index contributed by atoms with van der Waals surface area (Å²) in [6.45, 7) is -0.418. The highest BCUT2D eigenvalue weighted by Gasteiger charge is 2.31. The molecule has 1 aliphatic rings. The van der Waals surface area contributed by atoms with Gasteiger partial charge in [-0.1, -0.05) is 42.1 Å². The minimum absolute atomic E-state index is 0.282. The maximum atomic E-state index is 11.7. The zero-order valence-corrected chi connectivity index (χ0v) is 12.8. The molecule has 23 heavy (non-hydrogen) atoms. The van der Waals surface area contributed by atoms with Crippen molar-refractivity contribution in [3.8, 4) is 5.75 Å². The number of rotatable bonds is 5. The highest BCUT2D eigenvalue weighted by Crippen LogP contribution is 2.31. The molecule has 6 nitrogen and oxygen atoms in total. The topological polar surface area (TPSA) is 92.7 Å². The molecule has 1 fully saturated rings. The van der Waals surface area contributed by atoms with Gasteiger partial charge in [0.1, 0.15) is 5.75 Å². The van der Waals surface area contributed by atoms with Gasteiger partial charge in [-0.25, -0.2) is 4.79 Å². The van der Waals surface area contributed by atoms with Crippen LogP contribution in [-0.4, -0.2) is 34.1 Å². The summed E-state index contributed by atoms with van der Waals surface area (Å²) in [4.78, 5) is 33.7. The molecule has 2 amide bonds. The van der Waals surface area contributed by atoms with Crippen molar-refractivity contribution in [2.24, 2.45) is 0 Å². The fourth-order valence-electron chi connectivity index (χ4n) is 2.50. The first-order valence-electron chi connectivity index (χ1n) is 6.91. The van der Waals surface area contributed by atoms with Gasteiger partial charge in [-0.05, 0) is 23.4 Å². The Balaban J connectivity index is 1.93. The Hall–Kier alpha value is -2.54. The lowest BCUT2D eigenvalue weighted by Crippen LogP contribution is -2.25. The van der Waals surface area contributed by atoms with Gasteiger partial charge in [0.05, 0.1) is 5.25 Å². The Kier molecular flexibility index (Phi) is 4.20. The summed E-state index contributed by atoms with van der Waals surface area (Å²) in [7, 11) is 0. The van der Waals surface area contributed by atoms with E-state index in [1.807, 2.05) is 24.3 Å². The highest BCUT2D eigenvalue weighted by molar-refractivity contribution is 8.15. The first kappa shape index (κ1) is 15.4. The normalized spacial score (nSPS) is 17.3. The molecule has 7 heteroatoms. The fraction of sp³-hybridized carbons (Fsp3) is 0.188. The van der Waals surface area contributed by atoms with Crippen molar-refractivity contribution in [3.63, 3.8) is 0 Å². The molecule has 0 aliphatic carbocycles. The van der Waals surface area contributed by atoms with Crippen LogP contribution in [0.1, 0.15) is 5.56 Å². The van der Waals surface area contributed by atoms with Crippen molar-refractivity contribution in [3.05, 3.63) is 42.0 Å². The van der Waals surface area contributed by atoms with E-state index in [0.29, 0.717) is 12.2 Å². The van der Waals surface area contributed by atoms with E-state index < -0.39 is 17.8 Å². The largest absolute Gasteiger partial charge is 0.481 e. The van der Waals surface area contributed by atoms with Crippen LogP contribution in [0.25, 0.3) is 10.8 Å². The second-order valence-corrected chi connectivity index (χ2v) is 6.21. The Morgan fingerprint density at radius 2 is 1.91 bits per heavy atom. The van der Waals surface area contributed by atoms with Crippen LogP contribution >= 0.6 is 11.8 Å². The molecule has 118 valence electrons. The number of amides is 2. The summed E-state index contributed by atoms with van der Waals surface area (Å²) in [6, 6.07) is 10.9. The van der Waals surface area contributed by atoms with Crippen LogP contribution in [0.3, 0.4) is 0 Å². The number of hydrogen-bond acceptors (Lipinski definition) is 5. The Bertz CT molecular complexity index is 804. The summed E-state index contributed by atoms with van der Waals surface area (Å²) < 4.78 is 5.31. The SMILES string of the molecule is O=C(O)COc1ccc(CC2SC(=O)NC2=O)c2ccccc12. The molecule has 2 aromatic carbocycles. The van der Waals surface area contributed by atoms with E-state index in [2.05, 4.69) is 5.32 Å². The predicted molar refractivity (Wildman–Crippen MR) is 85.7 cm³/mol. The van der Waals surface area contributed by atoms with Crippen LogP contribution in [0.15, 0.2) is 36.4 Å². The van der Waals surface area contributed by atoms with E-state index in [1.54, 1.807) is 12.1 Å². The fourth-order valence-corrected chi connectivity index (χ4v) is 3.35. The second-order valence-electron chi connectivity index (χ2n) is 5.04. The van der Waals surface area contributed by atoms with Gasteiger partial charge in [0.15, 0.2) is 6.61 Å². The van der Waals surface area contributed by atoms with Gasteiger partial charge in [-0.2, -0.15) is 0 Å². The number of nitrogens with one attached hydrogen (secondary N) is 1. The minimum Gasteiger partial charge on any atom is -0.481 e. The molecular formula is C16H13NO5S. The number of carbonyl (C=O) groups is 3. The van der Waals surface area contributed by atoms with Gasteiger partial charge in [0, 0.05) is 5.39 Å². The third-order valence-electron chi connectivity index (χ3n) is 3.50. The Labute approximate surface area is 135 Å². The third kappa shape index (κ3) is 3.29. The summed E-state index contributed by atoms with van der Waals surface area (Å²) in [5.74, 6) is -0.850. The van der Waals surface area contributed by atoms with Crippen LogP contribution < -0.4 is 10.1 Å². The van der Waals surface area contributed by atoms with E-state index in [0.717, 1.165) is 28.1 Å². The smallest absolute Gasteiger partial charge is 0.341 e. The molecule has 1 aliphatic heterocycles. The van der Waals surface area contributed by atoms with E-state index in [4.69, 9.17) is 9.84 Å². The molecule has 0 aromatic heterocycles. The monoisotopic (exact) mass is 331 g/mol. The molecule has 2 N–H and O–H groups in total. The molecule has 1 heterocycles. The zero-order chi connectivity index (χ0) is 16.4. The highest BCUT2D eigenvalue weighted by atomic mass is 32.2. The van der Waals surface area contributed by atoms with E-state index in [1.165, 1.54) is 0 Å². The van der Waals surface area contributed by atoms with Gasteiger partial charge in [-0.3, -0.25) is 14.9 Å². The number of benzene rings is 2. The van der Waals surface area contributed by atoms with Crippen LogP contribution in [0, 0.1) is 0 Å². The van der Waals surface area contributed by atoms with E-state index in [-0.39, 0.29) is 11.1 Å². The lowest BCUT2D eigenvalue weighted by atomic mass is 10.00. The van der Waals surface area contributed by atoms with Gasteiger partial charge >= 0.3 is 5.97 Å². The maximum absolute atomic E-state index is 11.7. The minimum atomic E-state index is -1.05. The van der Waals surface area contributed by atoms with E-state index in [9.17, 15) is 14.4 Å². The van der Waals surface area contributed by atoms with Crippen LogP contribution in [0.2, 0.25) is 0 Å². The van der Waals surface area contributed by atoms with E-state index >= 15 is 0 Å². The van der Waals surface area contributed by atoms with Gasteiger partial charge in [0.25, 0.3) is 5.24 Å². The standard InChI is InChI=1S/C16H13NO5S/c18-14(19)8-22-12-6-5-9(10-3-1-2-4-11(10)12)7-13-15(20)17-16(21)23-13/h1-6,13H,7-8H2,(H,18,19)(H,17,20,21). The van der Waals surface area contributed by atoms with Crippen LogP contribution in [-0.2, 0) is 16.0 Å². The van der Waals surface area contributed by atoms with Gasteiger partial charge in [-0.15, -0.1) is 0 Å². The predicted octanol–water partition coefficient (Wildman–Crippen LogP) is 2.20.